The summed E-state index contributed by atoms with van der Waals surface area (Å²) < 4.78 is 17.5. The fourth-order valence-corrected chi connectivity index (χ4v) is 3.87. The number of ether oxygens (including phenoxy) is 3. The van der Waals surface area contributed by atoms with Crippen molar-refractivity contribution < 1.29 is 14.2 Å². The predicted molar refractivity (Wildman–Crippen MR) is 98.1 cm³/mol. The van der Waals surface area contributed by atoms with Gasteiger partial charge in [-0.05, 0) is 36.1 Å². The van der Waals surface area contributed by atoms with E-state index in [1.54, 1.807) is 21.3 Å². The molecule has 1 atom stereocenters. The highest BCUT2D eigenvalue weighted by Gasteiger charge is 2.24. The minimum absolute atomic E-state index is 0.357. The third kappa shape index (κ3) is 3.23. The van der Waals surface area contributed by atoms with E-state index in [1.165, 1.54) is 15.6 Å². The number of benzene rings is 2. The molecule has 1 aliphatic rings. The van der Waals surface area contributed by atoms with Crippen LogP contribution in [-0.2, 0) is 13.0 Å². The number of nitrogens with one attached hydrogen (secondary N) is 1. The number of rotatable bonds is 6. The van der Waals surface area contributed by atoms with Crippen molar-refractivity contribution in [3.8, 4) is 17.2 Å². The van der Waals surface area contributed by atoms with Gasteiger partial charge in [-0.25, -0.2) is 0 Å². The Balaban J connectivity index is 1.80. The predicted octanol–water partition coefficient (Wildman–Crippen LogP) is 4.25. The van der Waals surface area contributed by atoms with E-state index >= 15 is 0 Å². The Bertz CT molecular complexity index is 733. The molecular formula is C19H22BrNO3. The molecule has 1 unspecified atom stereocenters. The van der Waals surface area contributed by atoms with Gasteiger partial charge in [-0.2, -0.15) is 0 Å². The van der Waals surface area contributed by atoms with Crippen LogP contribution in [0.1, 0.15) is 29.2 Å². The monoisotopic (exact) mass is 391 g/mol. The molecule has 4 nitrogen and oxygen atoms in total. The molecule has 0 amide bonds. The lowest BCUT2D eigenvalue weighted by molar-refractivity contribution is 0.346. The van der Waals surface area contributed by atoms with Crippen LogP contribution in [0.25, 0.3) is 0 Å². The lowest BCUT2D eigenvalue weighted by atomic mass is 10.1. The summed E-state index contributed by atoms with van der Waals surface area (Å²) in [4.78, 5) is 0. The van der Waals surface area contributed by atoms with Gasteiger partial charge in [0, 0.05) is 28.7 Å². The molecule has 0 bridgehead atoms. The largest absolute Gasteiger partial charge is 0.496 e. The smallest absolute Gasteiger partial charge is 0.164 e. The minimum Gasteiger partial charge on any atom is -0.496 e. The maximum Gasteiger partial charge on any atom is 0.164 e. The highest BCUT2D eigenvalue weighted by atomic mass is 79.9. The lowest BCUT2D eigenvalue weighted by Crippen LogP contribution is -2.19. The van der Waals surface area contributed by atoms with Gasteiger partial charge in [-0.15, -0.1) is 0 Å². The van der Waals surface area contributed by atoms with Crippen molar-refractivity contribution in [2.24, 2.45) is 0 Å². The van der Waals surface area contributed by atoms with E-state index < -0.39 is 0 Å². The molecule has 1 aliphatic carbocycles. The van der Waals surface area contributed by atoms with Gasteiger partial charge < -0.3 is 19.5 Å². The maximum atomic E-state index is 5.51. The Morgan fingerprint density at radius 2 is 1.75 bits per heavy atom. The molecule has 24 heavy (non-hydrogen) atoms. The summed E-state index contributed by atoms with van der Waals surface area (Å²) in [7, 11) is 4.95. The first kappa shape index (κ1) is 17.1. The zero-order valence-corrected chi connectivity index (χ0v) is 15.8. The Morgan fingerprint density at radius 1 is 1.04 bits per heavy atom. The van der Waals surface area contributed by atoms with Crippen LogP contribution in [0.4, 0.5) is 0 Å². The summed E-state index contributed by atoms with van der Waals surface area (Å²) in [6.07, 6.45) is 2.20. The van der Waals surface area contributed by atoms with Crippen molar-refractivity contribution in [2.45, 2.75) is 25.4 Å². The molecule has 5 heteroatoms. The molecule has 0 spiro atoms. The third-order valence-corrected chi connectivity index (χ3v) is 5.28. The van der Waals surface area contributed by atoms with Crippen molar-refractivity contribution in [3.05, 3.63) is 51.5 Å². The van der Waals surface area contributed by atoms with E-state index in [1.807, 2.05) is 12.1 Å². The average Bonchev–Trinajstić information content (AvgIpc) is 3.03. The first-order chi connectivity index (χ1) is 11.7. The van der Waals surface area contributed by atoms with Crippen LogP contribution in [0.2, 0.25) is 0 Å². The van der Waals surface area contributed by atoms with Crippen LogP contribution in [0.3, 0.4) is 0 Å². The van der Waals surface area contributed by atoms with Gasteiger partial charge in [-0.1, -0.05) is 28.1 Å². The molecule has 0 aromatic heterocycles. The number of hydrogen-bond acceptors (Lipinski definition) is 4. The zero-order valence-electron chi connectivity index (χ0n) is 14.2. The second kappa shape index (κ2) is 7.45. The maximum absolute atomic E-state index is 5.51. The summed E-state index contributed by atoms with van der Waals surface area (Å²) in [6, 6.07) is 10.6. The zero-order chi connectivity index (χ0) is 17.1. The van der Waals surface area contributed by atoms with Crippen LogP contribution < -0.4 is 19.5 Å². The fraction of sp³-hybridized carbons (Fsp3) is 0.368. The highest BCUT2D eigenvalue weighted by molar-refractivity contribution is 9.10. The second-order valence-electron chi connectivity index (χ2n) is 5.80. The SMILES string of the molecule is COc1cc(OC)c(OC)cc1CNC1CCc2c(Br)cccc21. The first-order valence-electron chi connectivity index (χ1n) is 7.97. The summed E-state index contributed by atoms with van der Waals surface area (Å²) in [5.41, 5.74) is 3.84. The fourth-order valence-electron chi connectivity index (χ4n) is 3.29. The summed E-state index contributed by atoms with van der Waals surface area (Å²) in [6.45, 7) is 0.708. The molecule has 0 radical (unpaired) electrons. The summed E-state index contributed by atoms with van der Waals surface area (Å²) in [5.74, 6) is 2.19. The Hall–Kier alpha value is -1.72. The average molecular weight is 392 g/mol. The van der Waals surface area contributed by atoms with Gasteiger partial charge in [0.15, 0.2) is 11.5 Å². The minimum atomic E-state index is 0.357. The molecule has 0 saturated heterocycles. The van der Waals surface area contributed by atoms with Crippen LogP contribution in [0, 0.1) is 0 Å². The molecule has 0 saturated carbocycles. The van der Waals surface area contributed by atoms with E-state index in [9.17, 15) is 0 Å². The van der Waals surface area contributed by atoms with Gasteiger partial charge in [-0.3, -0.25) is 0 Å². The Morgan fingerprint density at radius 3 is 2.46 bits per heavy atom. The number of halogens is 1. The summed E-state index contributed by atoms with van der Waals surface area (Å²) >= 11 is 3.65. The molecule has 0 fully saturated rings. The highest BCUT2D eigenvalue weighted by Crippen LogP contribution is 2.37. The molecular weight excluding hydrogens is 370 g/mol. The Labute approximate surface area is 151 Å². The third-order valence-electron chi connectivity index (χ3n) is 4.54. The topological polar surface area (TPSA) is 39.7 Å². The second-order valence-corrected chi connectivity index (χ2v) is 6.65. The van der Waals surface area contributed by atoms with Crippen LogP contribution in [0.5, 0.6) is 17.2 Å². The summed E-state index contributed by atoms with van der Waals surface area (Å²) in [5, 5.41) is 3.65. The van der Waals surface area contributed by atoms with Crippen molar-refractivity contribution in [1.29, 1.82) is 0 Å². The molecule has 2 aromatic carbocycles. The van der Waals surface area contributed by atoms with Crippen molar-refractivity contribution in [3.63, 3.8) is 0 Å². The van der Waals surface area contributed by atoms with E-state index in [-0.39, 0.29) is 0 Å². The molecule has 128 valence electrons. The van der Waals surface area contributed by atoms with E-state index in [0.29, 0.717) is 24.1 Å². The van der Waals surface area contributed by atoms with Gasteiger partial charge >= 0.3 is 0 Å². The van der Waals surface area contributed by atoms with Gasteiger partial charge in [0.2, 0.25) is 0 Å². The molecule has 1 N–H and O–H groups in total. The standard InChI is InChI=1S/C19H22BrNO3/c1-22-17-10-19(24-3)18(23-2)9-12(17)11-21-16-8-7-13-14(16)5-4-6-15(13)20/h4-6,9-10,16,21H,7-8,11H2,1-3H3. The normalized spacial score (nSPS) is 15.9. The number of methoxy groups -OCH3 is 3. The first-order valence-corrected chi connectivity index (χ1v) is 8.76. The van der Waals surface area contributed by atoms with E-state index in [4.69, 9.17) is 14.2 Å². The van der Waals surface area contributed by atoms with Gasteiger partial charge in [0.25, 0.3) is 0 Å². The van der Waals surface area contributed by atoms with Crippen molar-refractivity contribution >= 4 is 15.9 Å². The quantitative estimate of drug-likeness (QED) is 0.798. The van der Waals surface area contributed by atoms with E-state index in [0.717, 1.165) is 24.2 Å². The Kier molecular flexibility index (Phi) is 5.31. The molecule has 0 heterocycles. The molecule has 3 rings (SSSR count). The van der Waals surface area contributed by atoms with Gasteiger partial charge in [0.05, 0.1) is 21.3 Å². The lowest BCUT2D eigenvalue weighted by Gasteiger charge is -2.18. The number of hydrogen-bond donors (Lipinski definition) is 1. The van der Waals surface area contributed by atoms with Crippen LogP contribution >= 0.6 is 15.9 Å². The number of fused-ring (bicyclic) bond motifs is 1. The molecule has 2 aromatic rings. The van der Waals surface area contributed by atoms with Crippen LogP contribution in [-0.4, -0.2) is 21.3 Å². The van der Waals surface area contributed by atoms with Crippen molar-refractivity contribution in [1.82, 2.24) is 5.32 Å². The van der Waals surface area contributed by atoms with Crippen molar-refractivity contribution in [2.75, 3.05) is 21.3 Å². The molecule has 0 aliphatic heterocycles. The van der Waals surface area contributed by atoms with E-state index in [2.05, 4.69) is 39.4 Å². The van der Waals surface area contributed by atoms with Crippen LogP contribution in [0.15, 0.2) is 34.8 Å². The van der Waals surface area contributed by atoms with Gasteiger partial charge in [0.1, 0.15) is 5.75 Å².